The first-order valence-electron chi connectivity index (χ1n) is 10.8. The Hall–Kier alpha value is -3.39. The lowest BCUT2D eigenvalue weighted by molar-refractivity contribution is -0.121. The van der Waals surface area contributed by atoms with Gasteiger partial charge in [-0.25, -0.2) is 15.0 Å². The topological polar surface area (TPSA) is 84.3 Å². The van der Waals surface area contributed by atoms with Crippen LogP contribution < -0.4 is 9.80 Å². The zero-order valence-electron chi connectivity index (χ0n) is 18.8. The van der Waals surface area contributed by atoms with Crippen LogP contribution in [0, 0.1) is 13.8 Å². The molecule has 0 N–H and O–H groups in total. The normalized spacial score (nSPS) is 17.6. The summed E-state index contributed by atoms with van der Waals surface area (Å²) in [6, 6.07) is 6.06. The van der Waals surface area contributed by atoms with Crippen molar-refractivity contribution in [3.63, 3.8) is 0 Å². The summed E-state index contributed by atoms with van der Waals surface area (Å²) < 4.78 is 5.48. The van der Waals surface area contributed by atoms with Crippen molar-refractivity contribution in [3.05, 3.63) is 53.9 Å². The molecule has 0 spiro atoms. The monoisotopic (exact) mass is 430 g/mol. The van der Waals surface area contributed by atoms with E-state index in [1.807, 2.05) is 45.9 Å². The second kappa shape index (κ2) is 7.63. The predicted molar refractivity (Wildman–Crippen MR) is 122 cm³/mol. The maximum Gasteiger partial charge on any atom is 0.242 e. The Morgan fingerprint density at radius 2 is 1.69 bits per heavy atom. The summed E-state index contributed by atoms with van der Waals surface area (Å²) in [5.41, 5.74) is 3.82. The lowest BCUT2D eigenvalue weighted by Crippen LogP contribution is -2.38. The molecule has 8 nitrogen and oxygen atoms in total. The van der Waals surface area contributed by atoms with Crippen LogP contribution in [0.3, 0.4) is 0 Å². The molecule has 1 saturated heterocycles. The summed E-state index contributed by atoms with van der Waals surface area (Å²) >= 11 is 0. The largest absolute Gasteiger partial charge is 0.378 e. The van der Waals surface area contributed by atoms with Gasteiger partial charge >= 0.3 is 0 Å². The summed E-state index contributed by atoms with van der Waals surface area (Å²) in [7, 11) is 0. The van der Waals surface area contributed by atoms with Crippen LogP contribution in [0.1, 0.15) is 30.9 Å². The first kappa shape index (κ1) is 20.5. The Morgan fingerprint density at radius 3 is 2.41 bits per heavy atom. The first-order chi connectivity index (χ1) is 15.4. The zero-order valence-corrected chi connectivity index (χ0v) is 18.8. The molecule has 8 heteroatoms. The van der Waals surface area contributed by atoms with Gasteiger partial charge in [0.2, 0.25) is 5.91 Å². The average Bonchev–Trinajstić information content (AvgIpc) is 3.00. The molecule has 3 aromatic rings. The Labute approximate surface area is 187 Å². The van der Waals surface area contributed by atoms with E-state index >= 15 is 0 Å². The van der Waals surface area contributed by atoms with Crippen LogP contribution in [0.4, 0.5) is 17.3 Å². The number of fused-ring (bicyclic) bond motifs is 1. The quantitative estimate of drug-likeness (QED) is 0.630. The van der Waals surface area contributed by atoms with Crippen molar-refractivity contribution in [1.29, 1.82) is 0 Å². The molecule has 4 heterocycles. The molecule has 2 aliphatic heterocycles. The fourth-order valence-corrected chi connectivity index (χ4v) is 4.31. The van der Waals surface area contributed by atoms with Gasteiger partial charge in [0.25, 0.3) is 0 Å². The minimum absolute atomic E-state index is 0.0177. The number of rotatable bonds is 3. The van der Waals surface area contributed by atoms with Gasteiger partial charge in [-0.05, 0) is 44.9 Å². The van der Waals surface area contributed by atoms with Crippen molar-refractivity contribution in [2.24, 2.45) is 0 Å². The molecule has 32 heavy (non-hydrogen) atoms. The summed E-state index contributed by atoms with van der Waals surface area (Å²) in [5, 5.41) is 0. The lowest BCUT2D eigenvalue weighted by Gasteiger charge is -2.29. The molecule has 0 bridgehead atoms. The van der Waals surface area contributed by atoms with Gasteiger partial charge in [-0.1, -0.05) is 12.1 Å². The highest BCUT2D eigenvalue weighted by Crippen LogP contribution is 2.46. The number of ether oxygens (including phenoxy) is 1. The average molecular weight is 431 g/mol. The molecule has 1 amide bonds. The molecule has 5 rings (SSSR count). The number of aromatic nitrogens is 4. The molecule has 2 aromatic heterocycles. The highest BCUT2D eigenvalue weighted by Gasteiger charge is 2.45. The van der Waals surface area contributed by atoms with E-state index in [-0.39, 0.29) is 5.91 Å². The van der Waals surface area contributed by atoms with E-state index in [9.17, 15) is 4.79 Å². The Morgan fingerprint density at radius 1 is 0.969 bits per heavy atom. The lowest BCUT2D eigenvalue weighted by atomic mass is 9.85. The summed E-state index contributed by atoms with van der Waals surface area (Å²) in [6.07, 6.45) is 5.29. The van der Waals surface area contributed by atoms with Crippen molar-refractivity contribution >= 4 is 23.2 Å². The summed E-state index contributed by atoms with van der Waals surface area (Å²) in [5.74, 6) is 2.04. The molecule has 0 unspecified atom stereocenters. The van der Waals surface area contributed by atoms with Crippen LogP contribution in [0.2, 0.25) is 0 Å². The van der Waals surface area contributed by atoms with Gasteiger partial charge in [0, 0.05) is 31.0 Å². The molecule has 0 radical (unpaired) electrons. The van der Waals surface area contributed by atoms with Crippen molar-refractivity contribution in [3.8, 4) is 11.1 Å². The van der Waals surface area contributed by atoms with Crippen LogP contribution in [0.15, 0.2) is 36.8 Å². The van der Waals surface area contributed by atoms with Crippen molar-refractivity contribution in [2.75, 3.05) is 36.1 Å². The highest BCUT2D eigenvalue weighted by molar-refractivity contribution is 6.12. The molecular weight excluding hydrogens is 404 g/mol. The van der Waals surface area contributed by atoms with Crippen LogP contribution in [0.5, 0.6) is 0 Å². The zero-order chi connectivity index (χ0) is 22.5. The van der Waals surface area contributed by atoms with Gasteiger partial charge in [0.1, 0.15) is 5.82 Å². The minimum Gasteiger partial charge on any atom is -0.378 e. The van der Waals surface area contributed by atoms with Crippen molar-refractivity contribution in [2.45, 2.75) is 33.1 Å². The van der Waals surface area contributed by atoms with E-state index in [2.05, 4.69) is 19.9 Å². The Balaban J connectivity index is 1.61. The van der Waals surface area contributed by atoms with Crippen LogP contribution in [-0.2, 0) is 14.9 Å². The van der Waals surface area contributed by atoms with E-state index in [4.69, 9.17) is 9.72 Å². The number of hydrogen-bond donors (Lipinski definition) is 0. The number of benzene rings is 1. The Kier molecular flexibility index (Phi) is 4.89. The number of morpholine rings is 1. The maximum absolute atomic E-state index is 13.5. The Bertz CT molecular complexity index is 1190. The highest BCUT2D eigenvalue weighted by atomic mass is 16.5. The van der Waals surface area contributed by atoms with Gasteiger partial charge < -0.3 is 9.64 Å². The molecule has 1 fully saturated rings. The number of carbonyl (C=O) groups is 1. The smallest absolute Gasteiger partial charge is 0.242 e. The van der Waals surface area contributed by atoms with E-state index in [0.29, 0.717) is 19.0 Å². The van der Waals surface area contributed by atoms with Crippen molar-refractivity contribution in [1.82, 2.24) is 19.9 Å². The molecule has 164 valence electrons. The van der Waals surface area contributed by atoms with Crippen LogP contribution in [-0.4, -0.2) is 52.1 Å². The van der Waals surface area contributed by atoms with Gasteiger partial charge in [-0.2, -0.15) is 0 Å². The first-order valence-corrected chi connectivity index (χ1v) is 10.8. The third kappa shape index (κ3) is 3.31. The fourth-order valence-electron chi connectivity index (χ4n) is 4.31. The molecular formula is C24H26N6O2. The van der Waals surface area contributed by atoms with Crippen LogP contribution >= 0.6 is 0 Å². The van der Waals surface area contributed by atoms with Gasteiger partial charge in [-0.3, -0.25) is 14.7 Å². The number of nitrogens with zero attached hydrogens (tertiary/aromatic N) is 6. The standard InChI is InChI=1S/C24H26N6O2/c1-15-22(29-7-9-32-10-8-29)28-21(14-25-15)30-20-11-17(18-12-26-16(2)27-13-18)5-6-19(20)24(3,4)23(30)31/h5-6,11-14H,7-10H2,1-4H3. The molecule has 0 saturated carbocycles. The second-order valence-corrected chi connectivity index (χ2v) is 8.75. The fraction of sp³-hybridized carbons (Fsp3) is 0.375. The maximum atomic E-state index is 13.5. The minimum atomic E-state index is -0.663. The number of anilines is 3. The van der Waals surface area contributed by atoms with Gasteiger partial charge in [0.15, 0.2) is 11.6 Å². The van der Waals surface area contributed by atoms with E-state index in [1.165, 1.54) is 0 Å². The van der Waals surface area contributed by atoms with Gasteiger partial charge in [0.05, 0.1) is 36.2 Å². The summed E-state index contributed by atoms with van der Waals surface area (Å²) in [6.45, 7) is 10.5. The van der Waals surface area contributed by atoms with Gasteiger partial charge in [-0.15, -0.1) is 0 Å². The molecule has 2 aliphatic rings. The summed E-state index contributed by atoms with van der Waals surface area (Å²) in [4.78, 5) is 35.5. The molecule has 0 atom stereocenters. The third-order valence-electron chi connectivity index (χ3n) is 6.22. The van der Waals surface area contributed by atoms with Crippen LogP contribution in [0.25, 0.3) is 11.1 Å². The SMILES string of the molecule is Cc1ncc(-c2ccc3c(c2)N(c2cnc(C)c(N4CCOCC4)n2)C(=O)C3(C)C)cn1. The number of carbonyl (C=O) groups excluding carboxylic acids is 1. The molecule has 0 aliphatic carbocycles. The third-order valence-corrected chi connectivity index (χ3v) is 6.22. The molecule has 1 aromatic carbocycles. The number of hydrogen-bond acceptors (Lipinski definition) is 7. The van der Waals surface area contributed by atoms with E-state index < -0.39 is 5.41 Å². The van der Waals surface area contributed by atoms with E-state index in [1.54, 1.807) is 23.5 Å². The second-order valence-electron chi connectivity index (χ2n) is 8.75. The van der Waals surface area contributed by atoms with E-state index in [0.717, 1.165) is 52.8 Å². The number of amides is 1. The predicted octanol–water partition coefficient (Wildman–Crippen LogP) is 3.34. The number of aryl methyl sites for hydroxylation is 2. The van der Waals surface area contributed by atoms with Crippen molar-refractivity contribution < 1.29 is 9.53 Å².